The van der Waals surface area contributed by atoms with E-state index < -0.39 is 0 Å². The number of fused-ring (bicyclic) bond motifs is 2. The highest BCUT2D eigenvalue weighted by Gasteiger charge is 2.23. The van der Waals surface area contributed by atoms with Crippen molar-refractivity contribution in [2.45, 2.75) is 26.2 Å². The lowest BCUT2D eigenvalue weighted by Gasteiger charge is -2.28. The number of rotatable bonds is 5. The van der Waals surface area contributed by atoms with Crippen LogP contribution in [0.5, 0.6) is 0 Å². The maximum Gasteiger partial charge on any atom is 0.279 e. The number of nitrogens with one attached hydrogen (secondary N) is 1. The summed E-state index contributed by atoms with van der Waals surface area (Å²) in [7, 11) is 0. The van der Waals surface area contributed by atoms with E-state index in [9.17, 15) is 4.79 Å². The lowest BCUT2D eigenvalue weighted by molar-refractivity contribution is 0.722. The van der Waals surface area contributed by atoms with E-state index >= 15 is 0 Å². The first-order valence-corrected chi connectivity index (χ1v) is 9.70. The minimum Gasteiger partial charge on any atom is -0.322 e. The Morgan fingerprint density at radius 1 is 1.18 bits per heavy atom. The minimum atomic E-state index is -0.275. The summed E-state index contributed by atoms with van der Waals surface area (Å²) in [6, 6.07) is 14.2. The summed E-state index contributed by atoms with van der Waals surface area (Å²) in [6.45, 7) is 6.44. The van der Waals surface area contributed by atoms with Gasteiger partial charge in [0.1, 0.15) is 5.48 Å². The maximum absolute atomic E-state index is 12.4. The molecule has 3 aromatic rings. The van der Waals surface area contributed by atoms with Gasteiger partial charge < -0.3 is 9.88 Å². The molecule has 0 radical (unpaired) electrons. The zero-order valence-corrected chi connectivity index (χ0v) is 16.5. The van der Waals surface area contributed by atoms with Gasteiger partial charge in [-0.2, -0.15) is 0 Å². The summed E-state index contributed by atoms with van der Waals surface area (Å²) in [6.07, 6.45) is 2.99. The number of aryl methyl sites for hydroxylation is 2. The lowest BCUT2D eigenvalue weighted by atomic mass is 10.1. The van der Waals surface area contributed by atoms with Crippen molar-refractivity contribution in [1.82, 2.24) is 9.97 Å². The summed E-state index contributed by atoms with van der Waals surface area (Å²) in [5.41, 5.74) is 3.92. The van der Waals surface area contributed by atoms with Crippen LogP contribution in [0.25, 0.3) is 6.58 Å². The van der Waals surface area contributed by atoms with Crippen LogP contribution in [0.3, 0.4) is 0 Å². The van der Waals surface area contributed by atoms with Crippen LogP contribution in [0.1, 0.15) is 24.0 Å². The van der Waals surface area contributed by atoms with Gasteiger partial charge in [0.2, 0.25) is 0 Å². The van der Waals surface area contributed by atoms with E-state index in [-0.39, 0.29) is 5.56 Å². The van der Waals surface area contributed by atoms with Gasteiger partial charge in [-0.3, -0.25) is 4.79 Å². The molecule has 0 fully saturated rings. The second-order valence-electron chi connectivity index (χ2n) is 6.98. The van der Waals surface area contributed by atoms with Gasteiger partial charge in [-0.15, -0.1) is 0 Å². The molecule has 1 aliphatic rings. The molecule has 0 atom stereocenters. The molecule has 4 rings (SSSR count). The van der Waals surface area contributed by atoms with Gasteiger partial charge in [-0.1, -0.05) is 48.5 Å². The highest BCUT2D eigenvalue weighted by Crippen LogP contribution is 2.38. The van der Waals surface area contributed by atoms with Gasteiger partial charge in [0.15, 0.2) is 11.2 Å². The topological polar surface area (TPSA) is 61.4 Å². The van der Waals surface area contributed by atoms with Crippen LogP contribution in [0.15, 0.2) is 52.3 Å². The van der Waals surface area contributed by atoms with Gasteiger partial charge in [-0.25, -0.2) is 9.98 Å². The highest BCUT2D eigenvalue weighted by molar-refractivity contribution is 6.31. The molecule has 0 spiro atoms. The molecule has 0 unspecified atom stereocenters. The number of halogens is 1. The number of benzene rings is 2. The zero-order chi connectivity index (χ0) is 19.7. The largest absolute Gasteiger partial charge is 0.322 e. The van der Waals surface area contributed by atoms with Crippen molar-refractivity contribution < 1.29 is 0 Å². The molecule has 142 valence electrons. The van der Waals surface area contributed by atoms with E-state index in [2.05, 4.69) is 45.8 Å². The fourth-order valence-electron chi connectivity index (χ4n) is 3.46. The van der Waals surface area contributed by atoms with Crippen molar-refractivity contribution in [2.75, 3.05) is 11.4 Å². The number of anilines is 2. The van der Waals surface area contributed by atoms with E-state index in [1.165, 1.54) is 5.56 Å². The molecule has 0 amide bonds. The molecule has 1 aliphatic heterocycles. The third-order valence-corrected chi connectivity index (χ3v) is 5.31. The number of hydrogen-bond acceptors (Lipinski definition) is 4. The van der Waals surface area contributed by atoms with E-state index in [4.69, 9.17) is 11.6 Å². The first-order valence-electron chi connectivity index (χ1n) is 9.32. The molecule has 5 nitrogen and oxygen atoms in total. The summed E-state index contributed by atoms with van der Waals surface area (Å²) >= 11 is 6.37. The Bertz CT molecular complexity index is 1190. The SMILES string of the molecule is C=c1nc2c(c(=O)[nH]1)=Nc1cc(C)c(Cl)cc1N2CCCCc1ccccc1. The average Bonchev–Trinajstić information content (AvgIpc) is 2.67. The second-order valence-corrected chi connectivity index (χ2v) is 7.39. The van der Waals surface area contributed by atoms with Crippen LogP contribution in [0.2, 0.25) is 5.02 Å². The predicted molar refractivity (Wildman–Crippen MR) is 113 cm³/mol. The van der Waals surface area contributed by atoms with Crippen molar-refractivity contribution in [2.24, 2.45) is 4.99 Å². The molecular weight excluding hydrogens is 372 g/mol. The van der Waals surface area contributed by atoms with Gasteiger partial charge >= 0.3 is 0 Å². The predicted octanol–water partition coefficient (Wildman–Crippen LogP) is 3.57. The highest BCUT2D eigenvalue weighted by atomic mass is 35.5. The molecule has 0 saturated heterocycles. The Hall–Kier alpha value is -2.92. The number of aromatic nitrogens is 2. The van der Waals surface area contributed by atoms with Crippen molar-refractivity contribution in [3.05, 3.63) is 79.8 Å². The molecule has 1 N–H and O–H groups in total. The van der Waals surface area contributed by atoms with Crippen molar-refractivity contribution in [1.29, 1.82) is 0 Å². The molecule has 0 saturated carbocycles. The number of nitrogens with zero attached hydrogens (tertiary/aromatic N) is 3. The first-order chi connectivity index (χ1) is 13.5. The van der Waals surface area contributed by atoms with E-state index in [0.29, 0.717) is 21.7 Å². The standard InChI is InChI=1S/C22H21ClN4O/c1-14-12-18-19(13-17(14)23)27(11-7-6-10-16-8-4-3-5-9-16)21-20(26-18)22(28)25-15(2)24-21/h3-5,8-9,12-13H,2,6-7,10-11H2,1H3,(H,25,28). The Morgan fingerprint density at radius 3 is 2.75 bits per heavy atom. The molecule has 0 bridgehead atoms. The molecule has 2 heterocycles. The van der Waals surface area contributed by atoms with Crippen molar-refractivity contribution in [3.63, 3.8) is 0 Å². The van der Waals surface area contributed by atoms with Crippen LogP contribution in [-0.2, 0) is 6.42 Å². The zero-order valence-electron chi connectivity index (χ0n) is 15.7. The van der Waals surface area contributed by atoms with E-state index in [1.807, 2.05) is 30.0 Å². The smallest absolute Gasteiger partial charge is 0.279 e. The van der Waals surface area contributed by atoms with Crippen molar-refractivity contribution >= 4 is 35.4 Å². The summed E-state index contributed by atoms with van der Waals surface area (Å²) in [5.74, 6) is 0.542. The van der Waals surface area contributed by atoms with Crippen LogP contribution in [0, 0.1) is 6.92 Å². The fraction of sp³-hybridized carbons (Fsp3) is 0.227. The molecule has 0 aliphatic carbocycles. The third kappa shape index (κ3) is 3.58. The van der Waals surface area contributed by atoms with Gasteiger partial charge in [0.25, 0.3) is 5.56 Å². The number of H-pyrrole nitrogens is 1. The summed E-state index contributed by atoms with van der Waals surface area (Å²) < 4.78 is 0. The maximum atomic E-state index is 12.4. The Balaban J connectivity index is 1.66. The third-order valence-electron chi connectivity index (χ3n) is 4.90. The van der Waals surface area contributed by atoms with Gasteiger partial charge in [0, 0.05) is 11.6 Å². The normalized spacial score (nSPS) is 12.3. The van der Waals surface area contributed by atoms with Gasteiger partial charge in [-0.05, 0) is 49.4 Å². The first kappa shape index (κ1) is 18.4. The van der Waals surface area contributed by atoms with E-state index in [1.54, 1.807) is 0 Å². The molecule has 1 aromatic heterocycles. The number of hydrogen-bond donors (Lipinski definition) is 1. The molecular formula is C22H21ClN4O. The summed E-state index contributed by atoms with van der Waals surface area (Å²) in [4.78, 5) is 26.1. The Labute approximate surface area is 168 Å². The van der Waals surface area contributed by atoms with Gasteiger partial charge in [0.05, 0.1) is 11.4 Å². The quantitative estimate of drug-likeness (QED) is 0.675. The Kier molecular flexibility index (Phi) is 5.01. The minimum absolute atomic E-state index is 0.275. The van der Waals surface area contributed by atoms with Crippen LogP contribution >= 0.6 is 11.6 Å². The summed E-state index contributed by atoms with van der Waals surface area (Å²) in [5, 5.41) is 0.996. The lowest BCUT2D eigenvalue weighted by Crippen LogP contribution is -2.42. The van der Waals surface area contributed by atoms with Crippen LogP contribution in [-0.4, -0.2) is 16.5 Å². The number of unbranched alkanes of at least 4 members (excludes halogenated alkanes) is 1. The average molecular weight is 393 g/mol. The molecule has 6 heteroatoms. The number of aromatic amines is 1. The molecule has 28 heavy (non-hydrogen) atoms. The monoisotopic (exact) mass is 392 g/mol. The van der Waals surface area contributed by atoms with E-state index in [0.717, 1.165) is 42.7 Å². The van der Waals surface area contributed by atoms with Crippen LogP contribution < -0.4 is 21.3 Å². The van der Waals surface area contributed by atoms with Crippen molar-refractivity contribution in [3.8, 4) is 0 Å². The molecule has 2 aromatic carbocycles. The second kappa shape index (κ2) is 7.60. The van der Waals surface area contributed by atoms with Crippen LogP contribution in [0.4, 0.5) is 17.2 Å². The Morgan fingerprint density at radius 2 is 1.96 bits per heavy atom. The fourth-order valence-corrected chi connectivity index (χ4v) is 3.61.